The Morgan fingerprint density at radius 2 is 1.79 bits per heavy atom. The Kier molecular flexibility index (Phi) is 4.57. The maximum absolute atomic E-state index is 11.5. The van der Waals surface area contributed by atoms with Gasteiger partial charge < -0.3 is 20.7 Å². The lowest BCUT2D eigenvalue weighted by Gasteiger charge is -2.04. The summed E-state index contributed by atoms with van der Waals surface area (Å²) in [7, 11) is 0. The minimum atomic E-state index is -1.22. The van der Waals surface area contributed by atoms with E-state index in [1.54, 1.807) is 0 Å². The van der Waals surface area contributed by atoms with Crippen LogP contribution in [0.3, 0.4) is 0 Å². The molecule has 0 aliphatic heterocycles. The van der Waals surface area contributed by atoms with Crippen molar-refractivity contribution in [2.24, 2.45) is 0 Å². The van der Waals surface area contributed by atoms with Crippen LogP contribution in [0.5, 0.6) is 0 Å². The maximum Gasteiger partial charge on any atom is 0.326 e. The molecule has 0 fully saturated rings. The molecule has 1 rings (SSSR count). The summed E-state index contributed by atoms with van der Waals surface area (Å²) in [6.07, 6.45) is 0. The summed E-state index contributed by atoms with van der Waals surface area (Å²) >= 11 is 0. The summed E-state index contributed by atoms with van der Waals surface area (Å²) in [6, 6.07) is 0.853. The van der Waals surface area contributed by atoms with E-state index in [4.69, 9.17) is 5.11 Å². The number of aliphatic carboxylic acids is 1. The van der Waals surface area contributed by atoms with Crippen LogP contribution in [-0.4, -0.2) is 45.9 Å². The topological polar surface area (TPSA) is 161 Å². The Morgan fingerprint density at radius 1 is 1.11 bits per heavy atom. The monoisotopic (exact) mass is 270 g/mol. The van der Waals surface area contributed by atoms with Crippen molar-refractivity contribution >= 4 is 17.8 Å². The Labute approximate surface area is 104 Å². The van der Waals surface area contributed by atoms with Gasteiger partial charge in [0.05, 0.1) is 6.54 Å². The van der Waals surface area contributed by atoms with E-state index in [2.05, 4.69) is 10.3 Å². The predicted molar refractivity (Wildman–Crippen MR) is 60.7 cm³/mol. The molecule has 0 spiro atoms. The highest BCUT2D eigenvalue weighted by molar-refractivity contribution is 5.95. The molecule has 1 aromatic heterocycles. The van der Waals surface area contributed by atoms with E-state index in [0.29, 0.717) is 0 Å². The van der Waals surface area contributed by atoms with Crippen LogP contribution in [-0.2, 0) is 9.59 Å². The predicted octanol–water partition coefficient (Wildman–Crippen LogP) is -3.01. The van der Waals surface area contributed by atoms with Crippen LogP contribution in [0.4, 0.5) is 0 Å². The van der Waals surface area contributed by atoms with Crippen molar-refractivity contribution in [3.63, 3.8) is 0 Å². The van der Waals surface area contributed by atoms with Crippen molar-refractivity contribution in [1.29, 1.82) is 0 Å². The molecule has 0 saturated heterocycles. The highest BCUT2D eigenvalue weighted by Gasteiger charge is 2.10. The standard InChI is InChI=1S/C9H10N4O6/c14-5-1-4(12-9(19)13-5)8(18)11-2-6(15)10-3-7(16)17/h1H,2-3H2,(H,10,15)(H,11,18)(H,16,17)(H2,12,13,14,19). The Balaban J connectivity index is 2.56. The van der Waals surface area contributed by atoms with E-state index in [1.807, 2.05) is 10.3 Å². The number of rotatable bonds is 5. The average molecular weight is 270 g/mol. The first-order chi connectivity index (χ1) is 8.88. The molecule has 0 radical (unpaired) electrons. The zero-order valence-electron chi connectivity index (χ0n) is 9.48. The van der Waals surface area contributed by atoms with Gasteiger partial charge in [0.1, 0.15) is 12.2 Å². The van der Waals surface area contributed by atoms with Crippen molar-refractivity contribution in [1.82, 2.24) is 20.6 Å². The molecule has 102 valence electrons. The normalized spacial score (nSPS) is 9.68. The Hall–Kier alpha value is -2.91. The molecule has 10 heteroatoms. The van der Waals surface area contributed by atoms with Gasteiger partial charge in [0, 0.05) is 6.07 Å². The Morgan fingerprint density at radius 3 is 2.37 bits per heavy atom. The summed E-state index contributed by atoms with van der Waals surface area (Å²) in [5.74, 6) is -2.78. The van der Waals surface area contributed by atoms with Crippen LogP contribution in [0, 0.1) is 0 Å². The van der Waals surface area contributed by atoms with Crippen molar-refractivity contribution < 1.29 is 19.5 Å². The second-order valence-corrected chi connectivity index (χ2v) is 3.35. The average Bonchev–Trinajstić information content (AvgIpc) is 2.32. The van der Waals surface area contributed by atoms with E-state index >= 15 is 0 Å². The molecule has 2 amide bonds. The SMILES string of the molecule is O=C(O)CNC(=O)CNC(=O)c1cc(=O)[nH]c(=O)[nH]1. The molecule has 5 N–H and O–H groups in total. The van der Waals surface area contributed by atoms with Gasteiger partial charge in [-0.1, -0.05) is 0 Å². The van der Waals surface area contributed by atoms with Gasteiger partial charge in [-0.05, 0) is 0 Å². The number of aromatic amines is 2. The number of H-pyrrole nitrogens is 2. The lowest BCUT2D eigenvalue weighted by Crippen LogP contribution is -2.40. The number of aromatic nitrogens is 2. The van der Waals surface area contributed by atoms with Crippen LogP contribution in [0.15, 0.2) is 15.7 Å². The van der Waals surface area contributed by atoms with Gasteiger partial charge in [0.25, 0.3) is 11.5 Å². The van der Waals surface area contributed by atoms with Gasteiger partial charge in [0.15, 0.2) is 0 Å². The van der Waals surface area contributed by atoms with Gasteiger partial charge >= 0.3 is 11.7 Å². The zero-order chi connectivity index (χ0) is 14.4. The molecule has 0 aliphatic rings. The molecule has 0 aliphatic carbocycles. The fourth-order valence-electron chi connectivity index (χ4n) is 1.08. The molecular formula is C9H10N4O6. The summed E-state index contributed by atoms with van der Waals surface area (Å²) in [5.41, 5.74) is -1.92. The van der Waals surface area contributed by atoms with Crippen LogP contribution in [0.2, 0.25) is 0 Å². The van der Waals surface area contributed by atoms with Gasteiger partial charge in [0.2, 0.25) is 5.91 Å². The largest absolute Gasteiger partial charge is 0.480 e. The van der Waals surface area contributed by atoms with Crippen LogP contribution < -0.4 is 21.9 Å². The molecule has 1 aromatic rings. The van der Waals surface area contributed by atoms with Gasteiger partial charge in [-0.2, -0.15) is 0 Å². The first-order valence-electron chi connectivity index (χ1n) is 4.99. The van der Waals surface area contributed by atoms with Crippen LogP contribution >= 0.6 is 0 Å². The fraction of sp³-hybridized carbons (Fsp3) is 0.222. The van der Waals surface area contributed by atoms with E-state index in [1.165, 1.54) is 0 Å². The van der Waals surface area contributed by atoms with Crippen LogP contribution in [0.25, 0.3) is 0 Å². The molecule has 10 nitrogen and oxygen atoms in total. The van der Waals surface area contributed by atoms with Crippen molar-refractivity contribution in [2.75, 3.05) is 13.1 Å². The molecule has 0 bridgehead atoms. The molecule has 1 heterocycles. The zero-order valence-corrected chi connectivity index (χ0v) is 9.48. The number of nitrogens with one attached hydrogen (secondary N) is 4. The summed E-state index contributed by atoms with van der Waals surface area (Å²) in [4.78, 5) is 58.5. The quantitative estimate of drug-likeness (QED) is 0.383. The summed E-state index contributed by atoms with van der Waals surface area (Å²) in [6.45, 7) is -1.06. The first-order valence-corrected chi connectivity index (χ1v) is 4.99. The minimum Gasteiger partial charge on any atom is -0.480 e. The number of hydrogen-bond donors (Lipinski definition) is 5. The minimum absolute atomic E-state index is 0.306. The van der Waals surface area contributed by atoms with Gasteiger partial charge in [-0.25, -0.2) is 4.79 Å². The molecule has 0 atom stereocenters. The molecular weight excluding hydrogens is 260 g/mol. The van der Waals surface area contributed by atoms with Crippen LogP contribution in [0.1, 0.15) is 10.5 Å². The van der Waals surface area contributed by atoms with E-state index in [0.717, 1.165) is 6.07 Å². The van der Waals surface area contributed by atoms with E-state index < -0.39 is 42.1 Å². The van der Waals surface area contributed by atoms with Crippen molar-refractivity contribution in [2.45, 2.75) is 0 Å². The number of hydrogen-bond acceptors (Lipinski definition) is 5. The molecule has 19 heavy (non-hydrogen) atoms. The van der Waals surface area contributed by atoms with Crippen molar-refractivity contribution in [3.05, 3.63) is 32.6 Å². The molecule has 0 aromatic carbocycles. The molecule has 0 unspecified atom stereocenters. The van der Waals surface area contributed by atoms with Gasteiger partial charge in [-0.3, -0.25) is 24.2 Å². The molecule has 0 saturated carbocycles. The second-order valence-electron chi connectivity index (χ2n) is 3.35. The Bertz CT molecular complexity index is 587. The first kappa shape index (κ1) is 14.2. The highest BCUT2D eigenvalue weighted by atomic mass is 16.4. The smallest absolute Gasteiger partial charge is 0.326 e. The number of amides is 2. The second kappa shape index (κ2) is 6.14. The number of carboxylic acid groups (broad SMARTS) is 1. The third kappa shape index (κ3) is 4.85. The van der Waals surface area contributed by atoms with E-state index in [9.17, 15) is 24.0 Å². The summed E-state index contributed by atoms with van der Waals surface area (Å²) < 4.78 is 0. The number of carbonyl (C=O) groups excluding carboxylic acids is 2. The van der Waals surface area contributed by atoms with Gasteiger partial charge in [-0.15, -0.1) is 0 Å². The lowest BCUT2D eigenvalue weighted by molar-refractivity contribution is -0.137. The number of carboxylic acids is 1. The summed E-state index contributed by atoms with van der Waals surface area (Å²) in [5, 5.41) is 12.4. The van der Waals surface area contributed by atoms with Crippen molar-refractivity contribution in [3.8, 4) is 0 Å². The van der Waals surface area contributed by atoms with E-state index in [-0.39, 0.29) is 5.69 Å². The third-order valence-electron chi connectivity index (χ3n) is 1.85. The number of carbonyl (C=O) groups is 3. The lowest BCUT2D eigenvalue weighted by atomic mass is 10.4. The fourth-order valence-corrected chi connectivity index (χ4v) is 1.08. The maximum atomic E-state index is 11.5. The highest BCUT2D eigenvalue weighted by Crippen LogP contribution is 1.84. The third-order valence-corrected chi connectivity index (χ3v) is 1.85.